The summed E-state index contributed by atoms with van der Waals surface area (Å²) in [4.78, 5) is 1.93. The molecule has 0 aliphatic heterocycles. The molecule has 0 radical (unpaired) electrons. The molecule has 0 aliphatic rings. The summed E-state index contributed by atoms with van der Waals surface area (Å²) in [6.45, 7) is 1.97. The van der Waals surface area contributed by atoms with Crippen LogP contribution in [-0.4, -0.2) is 0 Å². The van der Waals surface area contributed by atoms with Gasteiger partial charge in [0.15, 0.2) is 0 Å². The Bertz CT molecular complexity index is 512. The fraction of sp³-hybridized carbons (Fsp3) is 0.0769. The zero-order valence-electron chi connectivity index (χ0n) is 9.01. The third-order valence-electron chi connectivity index (χ3n) is 2.18. The largest absolute Gasteiger partial charge is 0.0870 e. The zero-order chi connectivity index (χ0) is 12.4. The molecule has 2 rings (SSSR count). The Morgan fingerprint density at radius 1 is 0.882 bits per heavy atom. The first-order valence-corrected chi connectivity index (χ1v) is 6.90. The molecule has 0 saturated carbocycles. The molecule has 17 heavy (non-hydrogen) atoms. The summed E-state index contributed by atoms with van der Waals surface area (Å²) in [5.41, 5.74) is 1.06. The van der Waals surface area contributed by atoms with Gasteiger partial charge < -0.3 is 0 Å². The quantitative estimate of drug-likeness (QED) is 0.645. The monoisotopic (exact) mass is 302 g/mol. The molecule has 0 spiro atoms. The number of halogens is 3. The van der Waals surface area contributed by atoms with Gasteiger partial charge in [-0.25, -0.2) is 0 Å². The van der Waals surface area contributed by atoms with Gasteiger partial charge in [0.2, 0.25) is 0 Å². The summed E-state index contributed by atoms with van der Waals surface area (Å²) in [6.07, 6.45) is 0. The Balaban J connectivity index is 2.33. The van der Waals surface area contributed by atoms with Crippen LogP contribution in [0, 0.1) is 6.92 Å². The lowest BCUT2D eigenvalue weighted by Gasteiger charge is -2.08. The Morgan fingerprint density at radius 2 is 1.41 bits per heavy atom. The van der Waals surface area contributed by atoms with E-state index in [4.69, 9.17) is 34.8 Å². The van der Waals surface area contributed by atoms with E-state index in [1.807, 2.05) is 43.3 Å². The van der Waals surface area contributed by atoms with Gasteiger partial charge in [-0.2, -0.15) is 0 Å². The lowest BCUT2D eigenvalue weighted by Crippen LogP contribution is -1.81. The summed E-state index contributed by atoms with van der Waals surface area (Å²) >= 11 is 19.7. The predicted molar refractivity (Wildman–Crippen MR) is 76.8 cm³/mol. The highest BCUT2D eigenvalue weighted by molar-refractivity contribution is 7.99. The number of hydrogen-bond donors (Lipinski definition) is 0. The maximum Gasteiger partial charge on any atom is 0.0563 e. The van der Waals surface area contributed by atoms with Gasteiger partial charge in [-0.05, 0) is 48.9 Å². The Hall–Kier alpha value is -0.340. The van der Waals surface area contributed by atoms with Crippen molar-refractivity contribution in [3.63, 3.8) is 0 Å². The van der Waals surface area contributed by atoms with E-state index >= 15 is 0 Å². The number of benzene rings is 2. The van der Waals surface area contributed by atoms with Crippen LogP contribution in [0.25, 0.3) is 0 Å². The SMILES string of the molecule is Cc1cc(Cl)c(Sc2ccc(Cl)cc2)c(Cl)c1. The molecule has 0 unspecified atom stereocenters. The Morgan fingerprint density at radius 3 is 1.94 bits per heavy atom. The minimum absolute atomic E-state index is 0.676. The minimum Gasteiger partial charge on any atom is -0.0870 e. The number of aryl methyl sites for hydroxylation is 1. The average molecular weight is 304 g/mol. The molecule has 0 nitrogen and oxygen atoms in total. The van der Waals surface area contributed by atoms with Gasteiger partial charge in [0.1, 0.15) is 0 Å². The van der Waals surface area contributed by atoms with Crippen molar-refractivity contribution < 1.29 is 0 Å². The first kappa shape index (κ1) is 13.1. The normalized spacial score (nSPS) is 10.6. The average Bonchev–Trinajstić information content (AvgIpc) is 2.26. The highest BCUT2D eigenvalue weighted by Gasteiger charge is 2.08. The van der Waals surface area contributed by atoms with Crippen molar-refractivity contribution in [3.05, 3.63) is 57.0 Å². The molecular weight excluding hydrogens is 295 g/mol. The standard InChI is InChI=1S/C13H9Cl3S/c1-8-6-11(15)13(12(16)7-8)17-10-4-2-9(14)3-5-10/h2-7H,1H3. The molecule has 0 bridgehead atoms. The van der Waals surface area contributed by atoms with Crippen LogP contribution in [0.3, 0.4) is 0 Å². The van der Waals surface area contributed by atoms with Gasteiger partial charge in [0.05, 0.1) is 10.0 Å². The first-order chi connectivity index (χ1) is 8.06. The van der Waals surface area contributed by atoms with Crippen LogP contribution in [0.5, 0.6) is 0 Å². The molecule has 0 heterocycles. The highest BCUT2D eigenvalue weighted by Crippen LogP contribution is 2.39. The molecule has 0 aromatic heterocycles. The molecule has 0 amide bonds. The van der Waals surface area contributed by atoms with Crippen molar-refractivity contribution >= 4 is 46.6 Å². The van der Waals surface area contributed by atoms with E-state index in [9.17, 15) is 0 Å². The molecule has 2 aromatic rings. The Kier molecular flexibility index (Phi) is 4.26. The van der Waals surface area contributed by atoms with E-state index in [1.54, 1.807) is 0 Å². The van der Waals surface area contributed by atoms with Gasteiger partial charge in [-0.15, -0.1) is 0 Å². The van der Waals surface area contributed by atoms with Gasteiger partial charge >= 0.3 is 0 Å². The van der Waals surface area contributed by atoms with Gasteiger partial charge in [-0.1, -0.05) is 46.6 Å². The maximum atomic E-state index is 6.18. The van der Waals surface area contributed by atoms with E-state index in [0.717, 1.165) is 20.4 Å². The van der Waals surface area contributed by atoms with Crippen molar-refractivity contribution in [2.45, 2.75) is 16.7 Å². The molecule has 0 saturated heterocycles. The highest BCUT2D eigenvalue weighted by atomic mass is 35.5. The number of rotatable bonds is 2. The second kappa shape index (κ2) is 5.53. The van der Waals surface area contributed by atoms with E-state index in [-0.39, 0.29) is 0 Å². The smallest absolute Gasteiger partial charge is 0.0563 e. The molecule has 0 N–H and O–H groups in total. The second-order valence-electron chi connectivity index (χ2n) is 3.61. The summed E-state index contributed by atoms with van der Waals surface area (Å²) in [7, 11) is 0. The molecule has 2 aromatic carbocycles. The van der Waals surface area contributed by atoms with Crippen LogP contribution >= 0.6 is 46.6 Å². The van der Waals surface area contributed by atoms with Gasteiger partial charge in [0, 0.05) is 14.8 Å². The maximum absolute atomic E-state index is 6.18. The minimum atomic E-state index is 0.676. The van der Waals surface area contributed by atoms with Crippen LogP contribution in [0.15, 0.2) is 46.2 Å². The van der Waals surface area contributed by atoms with Crippen LogP contribution in [0.1, 0.15) is 5.56 Å². The van der Waals surface area contributed by atoms with Crippen LogP contribution < -0.4 is 0 Å². The summed E-state index contributed by atoms with van der Waals surface area (Å²) < 4.78 is 0. The van der Waals surface area contributed by atoms with Crippen molar-refractivity contribution in [2.75, 3.05) is 0 Å². The van der Waals surface area contributed by atoms with Crippen molar-refractivity contribution in [3.8, 4) is 0 Å². The summed E-state index contributed by atoms with van der Waals surface area (Å²) in [6, 6.07) is 11.4. The summed E-state index contributed by atoms with van der Waals surface area (Å²) in [5.74, 6) is 0. The molecule has 0 aliphatic carbocycles. The third-order valence-corrected chi connectivity index (χ3v) is 4.40. The van der Waals surface area contributed by atoms with Crippen molar-refractivity contribution in [1.82, 2.24) is 0 Å². The zero-order valence-corrected chi connectivity index (χ0v) is 12.1. The molecular formula is C13H9Cl3S. The van der Waals surface area contributed by atoms with Gasteiger partial charge in [-0.3, -0.25) is 0 Å². The first-order valence-electron chi connectivity index (χ1n) is 4.95. The molecule has 0 fully saturated rings. The Labute approximate surface area is 120 Å². The molecule has 0 atom stereocenters. The fourth-order valence-corrected chi connectivity index (χ4v) is 3.18. The number of hydrogen-bond acceptors (Lipinski definition) is 1. The van der Waals surface area contributed by atoms with Crippen LogP contribution in [0.4, 0.5) is 0 Å². The predicted octanol–water partition coefficient (Wildman–Crippen LogP) is 6.11. The van der Waals surface area contributed by atoms with Crippen LogP contribution in [-0.2, 0) is 0 Å². The van der Waals surface area contributed by atoms with E-state index in [2.05, 4.69) is 0 Å². The molecule has 88 valence electrons. The van der Waals surface area contributed by atoms with E-state index < -0.39 is 0 Å². The van der Waals surface area contributed by atoms with Crippen molar-refractivity contribution in [1.29, 1.82) is 0 Å². The van der Waals surface area contributed by atoms with E-state index in [1.165, 1.54) is 11.8 Å². The lowest BCUT2D eigenvalue weighted by molar-refractivity contribution is 1.36. The summed E-state index contributed by atoms with van der Waals surface area (Å²) in [5, 5.41) is 2.07. The van der Waals surface area contributed by atoms with Crippen molar-refractivity contribution in [2.24, 2.45) is 0 Å². The molecule has 4 heteroatoms. The van der Waals surface area contributed by atoms with Gasteiger partial charge in [0.25, 0.3) is 0 Å². The fourth-order valence-electron chi connectivity index (χ4n) is 1.40. The second-order valence-corrected chi connectivity index (χ2v) is 5.95. The lowest BCUT2D eigenvalue weighted by atomic mass is 10.2. The topological polar surface area (TPSA) is 0 Å². The van der Waals surface area contributed by atoms with E-state index in [0.29, 0.717) is 10.0 Å². The third kappa shape index (κ3) is 3.32. The van der Waals surface area contributed by atoms with Crippen LogP contribution in [0.2, 0.25) is 15.1 Å².